The third-order valence-corrected chi connectivity index (χ3v) is 2.77. The maximum Gasteiger partial charge on any atom is 0.00876 e. The van der Waals surface area contributed by atoms with Gasteiger partial charge >= 0.3 is 0 Å². The number of fused-ring (bicyclic) bond motifs is 2. The molecular weight excluding hydrogens is 124 g/mol. The molecule has 0 spiro atoms. The van der Waals surface area contributed by atoms with E-state index in [1.165, 1.54) is 25.8 Å². The number of hydrogen-bond acceptors (Lipinski definition) is 2. The summed E-state index contributed by atoms with van der Waals surface area (Å²) in [7, 11) is 2.05. The minimum atomic E-state index is 0.872. The Bertz CT molecular complexity index is 108. The van der Waals surface area contributed by atoms with Crippen molar-refractivity contribution in [1.29, 1.82) is 0 Å². The molecular formula is C8H16N2. The molecule has 2 saturated heterocycles. The van der Waals surface area contributed by atoms with Crippen LogP contribution in [0.2, 0.25) is 0 Å². The van der Waals surface area contributed by atoms with E-state index in [1.807, 2.05) is 7.05 Å². The van der Waals surface area contributed by atoms with Crippen molar-refractivity contribution in [1.82, 2.24) is 10.6 Å². The Kier molecular flexibility index (Phi) is 1.66. The second-order valence-electron chi connectivity index (χ2n) is 3.69. The fourth-order valence-corrected chi connectivity index (χ4v) is 2.34. The van der Waals surface area contributed by atoms with Gasteiger partial charge in [0.05, 0.1) is 0 Å². The van der Waals surface area contributed by atoms with Crippen LogP contribution in [0.25, 0.3) is 0 Å². The summed E-state index contributed by atoms with van der Waals surface area (Å²) in [4.78, 5) is 0. The topological polar surface area (TPSA) is 24.1 Å². The van der Waals surface area contributed by atoms with E-state index in [0.717, 1.165) is 18.0 Å². The summed E-state index contributed by atoms with van der Waals surface area (Å²) < 4.78 is 0. The minimum absolute atomic E-state index is 0.872. The predicted molar refractivity (Wildman–Crippen MR) is 42.0 cm³/mol. The van der Waals surface area contributed by atoms with Crippen molar-refractivity contribution in [3.05, 3.63) is 0 Å². The Morgan fingerprint density at radius 1 is 1.30 bits per heavy atom. The molecule has 2 nitrogen and oxygen atoms in total. The molecule has 2 bridgehead atoms. The van der Waals surface area contributed by atoms with Gasteiger partial charge in [-0.1, -0.05) is 0 Å². The van der Waals surface area contributed by atoms with Crippen molar-refractivity contribution in [3.63, 3.8) is 0 Å². The van der Waals surface area contributed by atoms with Crippen molar-refractivity contribution in [2.75, 3.05) is 13.6 Å². The van der Waals surface area contributed by atoms with E-state index in [1.54, 1.807) is 0 Å². The zero-order valence-corrected chi connectivity index (χ0v) is 6.56. The van der Waals surface area contributed by atoms with Crippen LogP contribution < -0.4 is 10.6 Å². The lowest BCUT2D eigenvalue weighted by molar-refractivity contribution is 0.128. The fourth-order valence-electron chi connectivity index (χ4n) is 2.34. The molecule has 2 aliphatic heterocycles. The van der Waals surface area contributed by atoms with Gasteiger partial charge in [-0.2, -0.15) is 0 Å². The molecule has 2 atom stereocenters. The number of nitrogens with one attached hydrogen (secondary N) is 2. The lowest BCUT2D eigenvalue weighted by Crippen LogP contribution is -2.58. The van der Waals surface area contributed by atoms with Crippen molar-refractivity contribution in [2.45, 2.75) is 31.3 Å². The van der Waals surface area contributed by atoms with Gasteiger partial charge in [0.25, 0.3) is 0 Å². The molecule has 2 heteroatoms. The van der Waals surface area contributed by atoms with Crippen LogP contribution in [-0.2, 0) is 0 Å². The first-order chi connectivity index (χ1) is 4.88. The summed E-state index contributed by atoms with van der Waals surface area (Å²) in [5, 5.41) is 6.79. The Morgan fingerprint density at radius 3 is 2.40 bits per heavy atom. The highest BCUT2D eigenvalue weighted by Crippen LogP contribution is 2.31. The molecule has 10 heavy (non-hydrogen) atoms. The van der Waals surface area contributed by atoms with Gasteiger partial charge in [-0.05, 0) is 38.8 Å². The largest absolute Gasteiger partial charge is 0.319 e. The van der Waals surface area contributed by atoms with Crippen LogP contribution in [0.1, 0.15) is 19.3 Å². The first-order valence-corrected chi connectivity index (χ1v) is 4.29. The maximum absolute atomic E-state index is 3.54. The molecule has 58 valence electrons. The lowest BCUT2D eigenvalue weighted by Gasteiger charge is -2.46. The Labute approximate surface area is 62.4 Å². The van der Waals surface area contributed by atoms with Crippen molar-refractivity contribution >= 4 is 0 Å². The van der Waals surface area contributed by atoms with Gasteiger partial charge in [-0.15, -0.1) is 0 Å². The van der Waals surface area contributed by atoms with E-state index in [-0.39, 0.29) is 0 Å². The number of piperidine rings is 1. The average Bonchev–Trinajstić information content (AvgIpc) is 1.87. The van der Waals surface area contributed by atoms with E-state index < -0.39 is 0 Å². The number of hydrogen-bond donors (Lipinski definition) is 2. The second kappa shape index (κ2) is 2.51. The molecule has 2 unspecified atom stereocenters. The molecule has 0 radical (unpaired) electrons. The van der Waals surface area contributed by atoms with Crippen LogP contribution in [0.5, 0.6) is 0 Å². The van der Waals surface area contributed by atoms with Crippen molar-refractivity contribution < 1.29 is 0 Å². The third-order valence-electron chi connectivity index (χ3n) is 2.77. The van der Waals surface area contributed by atoms with E-state index >= 15 is 0 Å². The third kappa shape index (κ3) is 1.06. The monoisotopic (exact) mass is 140 g/mol. The zero-order chi connectivity index (χ0) is 6.97. The summed E-state index contributed by atoms with van der Waals surface area (Å²) in [6.45, 7) is 1.22. The molecule has 2 heterocycles. The normalized spacial score (nSPS) is 44.7. The molecule has 1 saturated carbocycles. The molecule has 0 aromatic rings. The lowest BCUT2D eigenvalue weighted by atomic mass is 9.76. The summed E-state index contributed by atoms with van der Waals surface area (Å²) in [6.07, 6.45) is 4.24. The van der Waals surface area contributed by atoms with Gasteiger partial charge in [-0.3, -0.25) is 0 Å². The summed E-state index contributed by atoms with van der Waals surface area (Å²) in [5.41, 5.74) is 0. The first-order valence-electron chi connectivity index (χ1n) is 4.29. The van der Waals surface area contributed by atoms with Crippen molar-refractivity contribution in [2.24, 2.45) is 5.92 Å². The highest BCUT2D eigenvalue weighted by Gasteiger charge is 2.36. The van der Waals surface area contributed by atoms with E-state index in [4.69, 9.17) is 0 Å². The molecule has 3 aliphatic rings. The maximum atomic E-state index is 3.54. The van der Waals surface area contributed by atoms with E-state index in [0.29, 0.717) is 0 Å². The SMILES string of the molecule is CNCC1CC2CC(C1)N2. The van der Waals surface area contributed by atoms with Crippen LogP contribution in [-0.4, -0.2) is 25.7 Å². The average molecular weight is 140 g/mol. The van der Waals surface area contributed by atoms with Crippen LogP contribution in [0.4, 0.5) is 0 Å². The summed E-state index contributed by atoms with van der Waals surface area (Å²) in [6, 6.07) is 1.74. The quantitative estimate of drug-likeness (QED) is 0.578. The van der Waals surface area contributed by atoms with Crippen molar-refractivity contribution in [3.8, 4) is 0 Å². The zero-order valence-electron chi connectivity index (χ0n) is 6.56. The summed E-state index contributed by atoms with van der Waals surface area (Å²) >= 11 is 0. The smallest absolute Gasteiger partial charge is 0.00876 e. The highest BCUT2D eigenvalue weighted by molar-refractivity contribution is 4.96. The predicted octanol–water partition coefficient (Wildman–Crippen LogP) is 0.346. The Morgan fingerprint density at radius 2 is 1.90 bits per heavy atom. The highest BCUT2D eigenvalue weighted by atomic mass is 15.0. The number of rotatable bonds is 2. The molecule has 0 aromatic carbocycles. The molecule has 3 fully saturated rings. The summed E-state index contributed by atoms with van der Waals surface area (Å²) in [5.74, 6) is 0.954. The Hall–Kier alpha value is -0.0800. The second-order valence-corrected chi connectivity index (χ2v) is 3.69. The van der Waals surface area contributed by atoms with Crippen LogP contribution >= 0.6 is 0 Å². The molecule has 1 aliphatic carbocycles. The van der Waals surface area contributed by atoms with Gasteiger partial charge < -0.3 is 10.6 Å². The van der Waals surface area contributed by atoms with E-state index in [2.05, 4.69) is 10.6 Å². The molecule has 3 rings (SSSR count). The van der Waals surface area contributed by atoms with Gasteiger partial charge in [0.1, 0.15) is 0 Å². The fraction of sp³-hybridized carbons (Fsp3) is 1.00. The van der Waals surface area contributed by atoms with Gasteiger partial charge in [0, 0.05) is 12.1 Å². The molecule has 2 N–H and O–H groups in total. The molecule has 0 amide bonds. The van der Waals surface area contributed by atoms with E-state index in [9.17, 15) is 0 Å². The van der Waals surface area contributed by atoms with Gasteiger partial charge in [-0.25, -0.2) is 0 Å². The Balaban J connectivity index is 1.80. The van der Waals surface area contributed by atoms with Crippen LogP contribution in [0.3, 0.4) is 0 Å². The minimum Gasteiger partial charge on any atom is -0.319 e. The standard InChI is InChI=1S/C8H16N2/c1-9-5-6-2-7-4-8(3-6)10-7/h6-10H,2-5H2,1H3. The first kappa shape index (κ1) is 6.62. The van der Waals surface area contributed by atoms with Gasteiger partial charge in [0.2, 0.25) is 0 Å². The van der Waals surface area contributed by atoms with Crippen LogP contribution in [0.15, 0.2) is 0 Å². The molecule has 0 aromatic heterocycles. The van der Waals surface area contributed by atoms with Gasteiger partial charge in [0.15, 0.2) is 0 Å². The van der Waals surface area contributed by atoms with Crippen LogP contribution in [0, 0.1) is 5.92 Å².